The van der Waals surface area contributed by atoms with E-state index in [-0.39, 0.29) is 23.7 Å². The zero-order valence-corrected chi connectivity index (χ0v) is 15.0. The number of hydrogen-bond acceptors (Lipinski definition) is 4. The number of carbonyl (C=O) groups is 1. The number of halogens is 1. The molecule has 2 atom stereocenters. The number of hydrogen-bond donors (Lipinski definition) is 1. The van der Waals surface area contributed by atoms with E-state index in [2.05, 4.69) is 15.5 Å². The van der Waals surface area contributed by atoms with E-state index in [9.17, 15) is 9.18 Å². The SMILES string of the molecule is Cc1onc(-c2ccncc2)c1C(=O)NC1CCC(c2cccc(F)c2)C1. The molecule has 0 aliphatic heterocycles. The summed E-state index contributed by atoms with van der Waals surface area (Å²) in [6.45, 7) is 1.73. The minimum Gasteiger partial charge on any atom is -0.360 e. The van der Waals surface area contributed by atoms with Gasteiger partial charge in [0.25, 0.3) is 5.91 Å². The number of aromatic nitrogens is 2. The first-order valence-corrected chi connectivity index (χ1v) is 9.05. The second-order valence-corrected chi connectivity index (χ2v) is 6.93. The van der Waals surface area contributed by atoms with Crippen LogP contribution >= 0.6 is 0 Å². The van der Waals surface area contributed by atoms with Gasteiger partial charge >= 0.3 is 0 Å². The second kappa shape index (κ2) is 7.31. The molecule has 0 saturated heterocycles. The Morgan fingerprint density at radius 2 is 2.04 bits per heavy atom. The average molecular weight is 365 g/mol. The molecule has 2 heterocycles. The van der Waals surface area contributed by atoms with Crippen LogP contribution in [0.5, 0.6) is 0 Å². The molecular weight excluding hydrogens is 345 g/mol. The number of benzene rings is 1. The van der Waals surface area contributed by atoms with Crippen LogP contribution in [0.1, 0.15) is 46.9 Å². The van der Waals surface area contributed by atoms with E-state index in [0.29, 0.717) is 17.0 Å². The van der Waals surface area contributed by atoms with Gasteiger partial charge in [-0.15, -0.1) is 0 Å². The summed E-state index contributed by atoms with van der Waals surface area (Å²) in [5, 5.41) is 7.15. The van der Waals surface area contributed by atoms with Gasteiger partial charge in [-0.1, -0.05) is 17.3 Å². The maximum Gasteiger partial charge on any atom is 0.257 e. The number of pyridine rings is 1. The van der Waals surface area contributed by atoms with Gasteiger partial charge in [-0.05, 0) is 61.9 Å². The van der Waals surface area contributed by atoms with Crippen molar-refractivity contribution in [3.63, 3.8) is 0 Å². The highest BCUT2D eigenvalue weighted by Crippen LogP contribution is 2.35. The fourth-order valence-electron chi connectivity index (χ4n) is 3.78. The van der Waals surface area contributed by atoms with Crippen LogP contribution in [0.25, 0.3) is 11.3 Å². The third-order valence-electron chi connectivity index (χ3n) is 5.13. The molecular formula is C21H20FN3O2. The Balaban J connectivity index is 1.49. The normalized spacial score (nSPS) is 19.2. The first-order chi connectivity index (χ1) is 13.1. The van der Waals surface area contributed by atoms with Gasteiger partial charge < -0.3 is 9.84 Å². The van der Waals surface area contributed by atoms with Gasteiger partial charge in [-0.2, -0.15) is 0 Å². The molecule has 1 N–H and O–H groups in total. The maximum absolute atomic E-state index is 13.5. The van der Waals surface area contributed by atoms with Crippen LogP contribution < -0.4 is 5.32 Å². The first-order valence-electron chi connectivity index (χ1n) is 9.05. The highest BCUT2D eigenvalue weighted by Gasteiger charge is 2.29. The molecule has 5 nitrogen and oxygen atoms in total. The molecule has 1 aliphatic carbocycles. The van der Waals surface area contributed by atoms with E-state index in [1.165, 1.54) is 6.07 Å². The van der Waals surface area contributed by atoms with Gasteiger partial charge in [0.2, 0.25) is 0 Å². The van der Waals surface area contributed by atoms with Crippen LogP contribution in [-0.4, -0.2) is 22.1 Å². The van der Waals surface area contributed by atoms with Crippen molar-refractivity contribution >= 4 is 5.91 Å². The van der Waals surface area contributed by atoms with E-state index in [1.54, 1.807) is 43.6 Å². The van der Waals surface area contributed by atoms with Gasteiger partial charge in [0.05, 0.1) is 0 Å². The lowest BCUT2D eigenvalue weighted by Crippen LogP contribution is -2.33. The molecule has 0 radical (unpaired) electrons. The predicted molar refractivity (Wildman–Crippen MR) is 98.7 cm³/mol. The van der Waals surface area contributed by atoms with Gasteiger partial charge in [0.15, 0.2) is 0 Å². The molecule has 6 heteroatoms. The zero-order valence-electron chi connectivity index (χ0n) is 15.0. The minimum absolute atomic E-state index is 0.0466. The molecule has 4 rings (SSSR count). The van der Waals surface area contributed by atoms with E-state index in [4.69, 9.17) is 4.52 Å². The van der Waals surface area contributed by atoms with E-state index < -0.39 is 0 Å². The van der Waals surface area contributed by atoms with Crippen LogP contribution in [0.15, 0.2) is 53.3 Å². The molecule has 1 fully saturated rings. The van der Waals surface area contributed by atoms with Crippen LogP contribution in [-0.2, 0) is 0 Å². The second-order valence-electron chi connectivity index (χ2n) is 6.93. The Hall–Kier alpha value is -3.02. The molecule has 138 valence electrons. The van der Waals surface area contributed by atoms with Gasteiger partial charge in [0, 0.05) is 24.0 Å². The zero-order chi connectivity index (χ0) is 18.8. The van der Waals surface area contributed by atoms with Crippen LogP contribution in [0.4, 0.5) is 4.39 Å². The fraction of sp³-hybridized carbons (Fsp3) is 0.286. The summed E-state index contributed by atoms with van der Waals surface area (Å²) in [5.41, 5.74) is 2.75. The number of nitrogens with zero attached hydrogens (tertiary/aromatic N) is 2. The Kier molecular flexibility index (Phi) is 4.71. The smallest absolute Gasteiger partial charge is 0.257 e. The first kappa shape index (κ1) is 17.4. The number of carbonyl (C=O) groups excluding carboxylic acids is 1. The lowest BCUT2D eigenvalue weighted by atomic mass is 9.97. The van der Waals surface area contributed by atoms with Crippen molar-refractivity contribution in [1.82, 2.24) is 15.5 Å². The Morgan fingerprint density at radius 1 is 1.22 bits per heavy atom. The largest absolute Gasteiger partial charge is 0.360 e. The van der Waals surface area contributed by atoms with Crippen molar-refractivity contribution in [3.8, 4) is 11.3 Å². The molecule has 1 aromatic carbocycles. The summed E-state index contributed by atoms with van der Waals surface area (Å²) in [5.74, 6) is 0.334. The van der Waals surface area contributed by atoms with E-state index in [1.807, 2.05) is 6.07 Å². The standard InChI is InChI=1S/C21H20FN3O2/c1-13-19(20(25-27-13)14-7-9-23-10-8-14)21(26)24-18-6-5-16(12-18)15-3-2-4-17(22)11-15/h2-4,7-11,16,18H,5-6,12H2,1H3,(H,24,26). The summed E-state index contributed by atoms with van der Waals surface area (Å²) in [7, 11) is 0. The fourth-order valence-corrected chi connectivity index (χ4v) is 3.78. The number of rotatable bonds is 4. The van der Waals surface area contributed by atoms with Crippen molar-refractivity contribution in [2.45, 2.75) is 38.1 Å². The Labute approximate surface area is 156 Å². The lowest BCUT2D eigenvalue weighted by Gasteiger charge is -2.14. The van der Waals surface area contributed by atoms with Crippen molar-refractivity contribution < 1.29 is 13.7 Å². The van der Waals surface area contributed by atoms with Crippen molar-refractivity contribution in [3.05, 3.63) is 71.5 Å². The van der Waals surface area contributed by atoms with Gasteiger partial charge in [0.1, 0.15) is 22.8 Å². The molecule has 0 spiro atoms. The molecule has 1 amide bonds. The summed E-state index contributed by atoms with van der Waals surface area (Å²) >= 11 is 0. The molecule has 2 aromatic heterocycles. The molecule has 2 unspecified atom stereocenters. The number of amides is 1. The summed E-state index contributed by atoms with van der Waals surface area (Å²) in [4.78, 5) is 16.9. The third kappa shape index (κ3) is 3.60. The number of aryl methyl sites for hydroxylation is 1. The van der Waals surface area contributed by atoms with Gasteiger partial charge in [-0.3, -0.25) is 9.78 Å². The highest BCUT2D eigenvalue weighted by molar-refractivity contribution is 6.00. The summed E-state index contributed by atoms with van der Waals surface area (Å²) < 4.78 is 18.7. The molecule has 3 aromatic rings. The Morgan fingerprint density at radius 3 is 2.81 bits per heavy atom. The van der Waals surface area contributed by atoms with E-state index in [0.717, 1.165) is 30.4 Å². The van der Waals surface area contributed by atoms with Crippen molar-refractivity contribution in [2.24, 2.45) is 0 Å². The summed E-state index contributed by atoms with van der Waals surface area (Å²) in [6, 6.07) is 10.4. The summed E-state index contributed by atoms with van der Waals surface area (Å²) in [6.07, 6.45) is 5.89. The maximum atomic E-state index is 13.5. The van der Waals surface area contributed by atoms with Crippen LogP contribution in [0, 0.1) is 12.7 Å². The molecule has 0 bridgehead atoms. The minimum atomic E-state index is -0.220. The van der Waals surface area contributed by atoms with Gasteiger partial charge in [-0.25, -0.2) is 4.39 Å². The van der Waals surface area contributed by atoms with E-state index >= 15 is 0 Å². The molecule has 27 heavy (non-hydrogen) atoms. The van der Waals surface area contributed by atoms with Crippen LogP contribution in [0.2, 0.25) is 0 Å². The molecule has 1 aliphatic rings. The average Bonchev–Trinajstić information content (AvgIpc) is 3.29. The van der Waals surface area contributed by atoms with Crippen LogP contribution in [0.3, 0.4) is 0 Å². The quantitative estimate of drug-likeness (QED) is 0.750. The van der Waals surface area contributed by atoms with Crippen molar-refractivity contribution in [2.75, 3.05) is 0 Å². The monoisotopic (exact) mass is 365 g/mol. The third-order valence-corrected chi connectivity index (χ3v) is 5.13. The predicted octanol–water partition coefficient (Wildman–Crippen LogP) is 4.25. The highest BCUT2D eigenvalue weighted by atomic mass is 19.1. The molecule has 1 saturated carbocycles. The lowest BCUT2D eigenvalue weighted by molar-refractivity contribution is 0.0936. The number of nitrogens with one attached hydrogen (secondary N) is 1. The Bertz CT molecular complexity index is 955. The topological polar surface area (TPSA) is 68.0 Å². The van der Waals surface area contributed by atoms with Crippen molar-refractivity contribution in [1.29, 1.82) is 0 Å².